The molecular weight excluding hydrogens is 360 g/mol. The summed E-state index contributed by atoms with van der Waals surface area (Å²) in [4.78, 5) is 12.7. The lowest BCUT2D eigenvalue weighted by atomic mass is 10.1. The first-order valence-corrected chi connectivity index (χ1v) is 9.79. The number of rotatable bonds is 6. The maximum Gasteiger partial charge on any atom is 0.256 e. The summed E-state index contributed by atoms with van der Waals surface area (Å²) in [5.74, 6) is -0.401. The molecule has 7 heteroatoms. The van der Waals surface area contributed by atoms with E-state index in [-0.39, 0.29) is 4.90 Å². The number of nitrogens with zero attached hydrogens (tertiary/aromatic N) is 1. The Morgan fingerprint density at radius 2 is 1.76 bits per heavy atom. The van der Waals surface area contributed by atoms with E-state index < -0.39 is 15.9 Å². The third kappa shape index (κ3) is 4.21. The van der Waals surface area contributed by atoms with Crippen molar-refractivity contribution in [1.29, 1.82) is 0 Å². The lowest BCUT2D eigenvalue weighted by molar-refractivity contribution is 0.102. The first kappa shape index (κ1) is 19.4. The smallest absolute Gasteiger partial charge is 0.256 e. The second-order valence-corrected chi connectivity index (χ2v) is 7.85. The van der Waals surface area contributed by atoms with Crippen LogP contribution in [-0.4, -0.2) is 31.7 Å². The fourth-order valence-electron chi connectivity index (χ4n) is 2.47. The van der Waals surface area contributed by atoms with Gasteiger partial charge in [0.25, 0.3) is 5.91 Å². The van der Waals surface area contributed by atoms with Crippen LogP contribution in [0.2, 0.25) is 5.02 Å². The van der Waals surface area contributed by atoms with Gasteiger partial charge < -0.3 is 5.32 Å². The molecule has 0 aromatic heterocycles. The number of anilines is 1. The monoisotopic (exact) mass is 380 g/mol. The zero-order valence-corrected chi connectivity index (χ0v) is 16.0. The number of halogens is 1. The zero-order chi connectivity index (χ0) is 18.6. The van der Waals surface area contributed by atoms with E-state index in [1.165, 1.54) is 16.4 Å². The molecule has 5 nitrogen and oxygen atoms in total. The molecule has 2 aromatic rings. The predicted molar refractivity (Wildman–Crippen MR) is 101 cm³/mol. The quantitative estimate of drug-likeness (QED) is 0.825. The molecule has 2 aromatic carbocycles. The summed E-state index contributed by atoms with van der Waals surface area (Å²) in [6.45, 7) is 6.05. The summed E-state index contributed by atoms with van der Waals surface area (Å²) >= 11 is 6.06. The number of benzene rings is 2. The van der Waals surface area contributed by atoms with E-state index in [1.807, 2.05) is 0 Å². The average molecular weight is 381 g/mol. The fraction of sp³-hybridized carbons (Fsp3) is 0.278. The summed E-state index contributed by atoms with van der Waals surface area (Å²) in [6, 6.07) is 11.5. The molecule has 0 bridgehead atoms. The number of sulfonamides is 1. The molecule has 0 fully saturated rings. The first-order valence-electron chi connectivity index (χ1n) is 7.98. The highest BCUT2D eigenvalue weighted by Crippen LogP contribution is 2.24. The summed E-state index contributed by atoms with van der Waals surface area (Å²) < 4.78 is 26.7. The van der Waals surface area contributed by atoms with Crippen molar-refractivity contribution in [2.45, 2.75) is 25.7 Å². The van der Waals surface area contributed by atoms with Gasteiger partial charge in [0.05, 0.1) is 15.6 Å². The standard InChI is InChI=1S/C18H21ClN2O3S/c1-4-21(5-2)25(23,24)14-11-10-13(3)15(12-14)18(22)20-17-9-7-6-8-16(17)19/h6-12H,4-5H2,1-3H3,(H,20,22). The van der Waals surface area contributed by atoms with Crippen molar-refractivity contribution >= 4 is 33.2 Å². The second kappa shape index (κ2) is 7.99. The minimum atomic E-state index is -3.63. The number of hydrogen-bond donors (Lipinski definition) is 1. The van der Waals surface area contributed by atoms with E-state index in [2.05, 4.69) is 5.32 Å². The molecular formula is C18H21ClN2O3S. The van der Waals surface area contributed by atoms with Crippen LogP contribution in [0.4, 0.5) is 5.69 Å². The topological polar surface area (TPSA) is 66.5 Å². The van der Waals surface area contributed by atoms with Crippen molar-refractivity contribution in [1.82, 2.24) is 4.31 Å². The Hall–Kier alpha value is -1.89. The third-order valence-electron chi connectivity index (χ3n) is 3.92. The lowest BCUT2D eigenvalue weighted by Gasteiger charge is -2.19. The Morgan fingerprint density at radius 1 is 1.12 bits per heavy atom. The van der Waals surface area contributed by atoms with E-state index in [1.54, 1.807) is 51.1 Å². The predicted octanol–water partition coefficient (Wildman–Crippen LogP) is 3.93. The Kier molecular flexibility index (Phi) is 6.21. The summed E-state index contributed by atoms with van der Waals surface area (Å²) in [5, 5.41) is 3.14. The molecule has 0 radical (unpaired) electrons. The number of hydrogen-bond acceptors (Lipinski definition) is 3. The highest BCUT2D eigenvalue weighted by Gasteiger charge is 2.23. The van der Waals surface area contributed by atoms with Gasteiger partial charge in [-0.3, -0.25) is 4.79 Å². The number of nitrogens with one attached hydrogen (secondary N) is 1. The van der Waals surface area contributed by atoms with Crippen LogP contribution in [0.3, 0.4) is 0 Å². The summed E-state index contributed by atoms with van der Waals surface area (Å²) in [7, 11) is -3.63. The molecule has 0 atom stereocenters. The van der Waals surface area contributed by atoms with Crippen LogP contribution in [0.25, 0.3) is 0 Å². The molecule has 1 amide bonds. The van der Waals surface area contributed by atoms with Crippen LogP contribution in [0, 0.1) is 6.92 Å². The first-order chi connectivity index (χ1) is 11.8. The van der Waals surface area contributed by atoms with Crippen LogP contribution in [0.5, 0.6) is 0 Å². The van der Waals surface area contributed by atoms with Gasteiger partial charge in [-0.2, -0.15) is 4.31 Å². The zero-order valence-electron chi connectivity index (χ0n) is 14.4. The van der Waals surface area contributed by atoms with Gasteiger partial charge in [-0.15, -0.1) is 0 Å². The number of amides is 1. The molecule has 2 rings (SSSR count). The minimum Gasteiger partial charge on any atom is -0.321 e. The Morgan fingerprint density at radius 3 is 2.36 bits per heavy atom. The average Bonchev–Trinajstić information content (AvgIpc) is 2.58. The molecule has 1 N–H and O–H groups in total. The molecule has 25 heavy (non-hydrogen) atoms. The van der Waals surface area contributed by atoms with Gasteiger partial charge in [0, 0.05) is 18.7 Å². The van der Waals surface area contributed by atoms with Gasteiger partial charge in [-0.05, 0) is 36.8 Å². The third-order valence-corrected chi connectivity index (χ3v) is 6.29. The van der Waals surface area contributed by atoms with E-state index in [4.69, 9.17) is 11.6 Å². The van der Waals surface area contributed by atoms with Crippen LogP contribution in [0.15, 0.2) is 47.4 Å². The van der Waals surface area contributed by atoms with Crippen molar-refractivity contribution in [2.75, 3.05) is 18.4 Å². The summed E-state index contributed by atoms with van der Waals surface area (Å²) in [5.41, 5.74) is 1.46. The van der Waals surface area contributed by atoms with Crippen molar-refractivity contribution < 1.29 is 13.2 Å². The molecule has 0 aliphatic carbocycles. The fourth-order valence-corrected chi connectivity index (χ4v) is 4.14. The number of carbonyl (C=O) groups excluding carboxylic acids is 1. The molecule has 0 unspecified atom stereocenters. The SMILES string of the molecule is CCN(CC)S(=O)(=O)c1ccc(C)c(C(=O)Nc2ccccc2Cl)c1. The molecule has 0 spiro atoms. The highest BCUT2D eigenvalue weighted by atomic mass is 35.5. The largest absolute Gasteiger partial charge is 0.321 e. The number of aryl methyl sites for hydroxylation is 1. The molecule has 0 saturated carbocycles. The van der Waals surface area contributed by atoms with Crippen LogP contribution >= 0.6 is 11.6 Å². The molecule has 0 saturated heterocycles. The van der Waals surface area contributed by atoms with E-state index >= 15 is 0 Å². The minimum absolute atomic E-state index is 0.103. The van der Waals surface area contributed by atoms with E-state index in [9.17, 15) is 13.2 Å². The van der Waals surface area contributed by atoms with Crippen molar-refractivity contribution in [2.24, 2.45) is 0 Å². The highest BCUT2D eigenvalue weighted by molar-refractivity contribution is 7.89. The van der Waals surface area contributed by atoms with Crippen LogP contribution < -0.4 is 5.32 Å². The molecule has 0 heterocycles. The normalized spacial score (nSPS) is 11.6. The molecule has 0 aliphatic rings. The van der Waals surface area contributed by atoms with E-state index in [0.717, 1.165) is 0 Å². The van der Waals surface area contributed by atoms with E-state index in [0.29, 0.717) is 34.9 Å². The van der Waals surface area contributed by atoms with Gasteiger partial charge in [0.2, 0.25) is 10.0 Å². The Labute approximate surface area is 153 Å². The van der Waals surface area contributed by atoms with Gasteiger partial charge in [0.15, 0.2) is 0 Å². The van der Waals surface area contributed by atoms with Crippen LogP contribution in [-0.2, 0) is 10.0 Å². The maximum absolute atomic E-state index is 12.7. The van der Waals surface area contributed by atoms with Gasteiger partial charge >= 0.3 is 0 Å². The Balaban J connectivity index is 2.39. The summed E-state index contributed by atoms with van der Waals surface area (Å²) in [6.07, 6.45) is 0. The van der Waals surface area contributed by atoms with Gasteiger partial charge in [-0.1, -0.05) is 43.6 Å². The molecule has 0 aliphatic heterocycles. The Bertz CT molecular complexity index is 878. The van der Waals surface area contributed by atoms with Crippen molar-refractivity contribution in [3.05, 3.63) is 58.6 Å². The number of carbonyl (C=O) groups is 1. The lowest BCUT2D eigenvalue weighted by Crippen LogP contribution is -2.30. The second-order valence-electron chi connectivity index (χ2n) is 5.50. The van der Waals surface area contributed by atoms with Gasteiger partial charge in [0.1, 0.15) is 0 Å². The van der Waals surface area contributed by atoms with Gasteiger partial charge in [-0.25, -0.2) is 8.42 Å². The maximum atomic E-state index is 12.7. The molecule has 134 valence electrons. The van der Waals surface area contributed by atoms with Crippen molar-refractivity contribution in [3.8, 4) is 0 Å². The van der Waals surface area contributed by atoms with Crippen molar-refractivity contribution in [3.63, 3.8) is 0 Å². The number of para-hydroxylation sites is 1. The van der Waals surface area contributed by atoms with Crippen LogP contribution in [0.1, 0.15) is 29.8 Å².